The number of hydrogen-bond acceptors (Lipinski definition) is 5. The molecule has 1 amide bonds. The molecule has 0 spiro atoms. The number of amides is 1. The zero-order valence-electron chi connectivity index (χ0n) is 37.6. The van der Waals surface area contributed by atoms with Crippen LogP contribution in [0.15, 0.2) is 48.6 Å². The fourth-order valence-electron chi connectivity index (χ4n) is 7.07. The lowest BCUT2D eigenvalue weighted by atomic mass is 10.0. The fourth-order valence-corrected chi connectivity index (χ4v) is 7.07. The van der Waals surface area contributed by atoms with Gasteiger partial charge in [-0.15, -0.1) is 0 Å². The lowest BCUT2D eigenvalue weighted by Crippen LogP contribution is -2.45. The molecule has 0 rings (SSSR count). The summed E-state index contributed by atoms with van der Waals surface area (Å²) in [6.45, 7) is 4.83. The first-order valence-corrected chi connectivity index (χ1v) is 24.4. The van der Waals surface area contributed by atoms with E-state index in [4.69, 9.17) is 4.74 Å². The molecule has 0 bridgehead atoms. The predicted octanol–water partition coefficient (Wildman–Crippen LogP) is 14.3. The van der Waals surface area contributed by atoms with Gasteiger partial charge >= 0.3 is 5.97 Å². The summed E-state index contributed by atoms with van der Waals surface area (Å²) in [5.41, 5.74) is 0. The molecule has 2 unspecified atom stereocenters. The highest BCUT2D eigenvalue weighted by atomic mass is 16.5. The van der Waals surface area contributed by atoms with Gasteiger partial charge in [0.15, 0.2) is 0 Å². The number of ether oxygens (including phenoxy) is 1. The maximum atomic E-state index is 12.3. The lowest BCUT2D eigenvalue weighted by Gasteiger charge is -2.22. The van der Waals surface area contributed by atoms with Gasteiger partial charge in [0, 0.05) is 12.8 Å². The zero-order chi connectivity index (χ0) is 41.5. The van der Waals surface area contributed by atoms with Crippen molar-refractivity contribution in [2.24, 2.45) is 0 Å². The minimum absolute atomic E-state index is 0.0260. The van der Waals surface area contributed by atoms with E-state index in [9.17, 15) is 19.8 Å². The van der Waals surface area contributed by atoms with Crippen LogP contribution in [0.1, 0.15) is 239 Å². The quantitative estimate of drug-likeness (QED) is 0.0324. The standard InChI is InChI=1S/C51H93NO5/c1-3-5-7-9-11-13-15-16-17-18-19-22-25-29-33-37-41-45-51(56)57-46-42-38-34-30-26-23-20-21-24-28-32-36-40-44-50(55)52-48(47-53)49(54)43-39-35-31-27-14-12-10-8-6-4-2/h11,13,16-17,21,24,32,36,48-49,53-54H,3-10,12,14-15,18-20,22-23,25-31,33-35,37-47H2,1-2H3,(H,52,55)/b13-11-,17-16-,24-21-,36-32-. The van der Waals surface area contributed by atoms with Crippen molar-refractivity contribution in [3.05, 3.63) is 48.6 Å². The summed E-state index contributed by atoms with van der Waals surface area (Å²) in [6, 6.07) is -0.585. The molecule has 6 heteroatoms. The van der Waals surface area contributed by atoms with Crippen molar-refractivity contribution in [3.63, 3.8) is 0 Å². The molecule has 0 aromatic rings. The van der Waals surface area contributed by atoms with Crippen LogP contribution < -0.4 is 5.32 Å². The van der Waals surface area contributed by atoms with Gasteiger partial charge in [0.1, 0.15) is 0 Å². The van der Waals surface area contributed by atoms with Crippen LogP contribution in [0.3, 0.4) is 0 Å². The maximum absolute atomic E-state index is 12.3. The average Bonchev–Trinajstić information content (AvgIpc) is 3.21. The molecule has 6 nitrogen and oxygen atoms in total. The largest absolute Gasteiger partial charge is 0.466 e. The van der Waals surface area contributed by atoms with Crippen LogP contribution in [-0.2, 0) is 14.3 Å². The number of unbranched alkanes of at least 4 members (excludes halogenated alkanes) is 25. The molecule has 2 atom stereocenters. The Morgan fingerprint density at radius 1 is 0.491 bits per heavy atom. The van der Waals surface area contributed by atoms with E-state index in [2.05, 4.69) is 61.7 Å². The Kier molecular flexibility index (Phi) is 44.7. The van der Waals surface area contributed by atoms with Crippen molar-refractivity contribution in [1.29, 1.82) is 0 Å². The van der Waals surface area contributed by atoms with E-state index in [0.717, 1.165) is 57.8 Å². The van der Waals surface area contributed by atoms with Gasteiger partial charge < -0.3 is 20.3 Å². The van der Waals surface area contributed by atoms with E-state index in [0.29, 0.717) is 32.3 Å². The van der Waals surface area contributed by atoms with Gasteiger partial charge in [0.2, 0.25) is 5.91 Å². The molecular formula is C51H93NO5. The summed E-state index contributed by atoms with van der Waals surface area (Å²) in [5, 5.41) is 23.0. The van der Waals surface area contributed by atoms with Gasteiger partial charge in [-0.25, -0.2) is 0 Å². The Morgan fingerprint density at radius 2 is 0.895 bits per heavy atom. The predicted molar refractivity (Wildman–Crippen MR) is 245 cm³/mol. The highest BCUT2D eigenvalue weighted by Crippen LogP contribution is 2.14. The minimum atomic E-state index is -0.698. The second kappa shape index (κ2) is 46.5. The van der Waals surface area contributed by atoms with Gasteiger partial charge in [-0.2, -0.15) is 0 Å². The van der Waals surface area contributed by atoms with Crippen LogP contribution in [0.2, 0.25) is 0 Å². The molecule has 0 aromatic carbocycles. The Balaban J connectivity index is 3.54. The van der Waals surface area contributed by atoms with Crippen molar-refractivity contribution >= 4 is 11.9 Å². The highest BCUT2D eigenvalue weighted by Gasteiger charge is 2.19. The van der Waals surface area contributed by atoms with Crippen molar-refractivity contribution < 1.29 is 24.5 Å². The molecule has 0 aliphatic carbocycles. The van der Waals surface area contributed by atoms with E-state index in [-0.39, 0.29) is 18.5 Å². The second-order valence-electron chi connectivity index (χ2n) is 16.4. The third-order valence-corrected chi connectivity index (χ3v) is 10.9. The summed E-state index contributed by atoms with van der Waals surface area (Å²) >= 11 is 0. The number of aliphatic hydroxyl groups is 2. The number of esters is 1. The summed E-state index contributed by atoms with van der Waals surface area (Å²) in [6.07, 6.45) is 56.6. The first-order chi connectivity index (χ1) is 28.0. The molecule has 0 saturated carbocycles. The number of carbonyl (C=O) groups excluding carboxylic acids is 2. The minimum Gasteiger partial charge on any atom is -0.466 e. The first-order valence-electron chi connectivity index (χ1n) is 24.4. The smallest absolute Gasteiger partial charge is 0.305 e. The number of hydrogen-bond donors (Lipinski definition) is 3. The van der Waals surface area contributed by atoms with Gasteiger partial charge in [-0.3, -0.25) is 9.59 Å². The van der Waals surface area contributed by atoms with Crippen molar-refractivity contribution in [3.8, 4) is 0 Å². The molecular weight excluding hydrogens is 707 g/mol. The van der Waals surface area contributed by atoms with Gasteiger partial charge in [0.25, 0.3) is 0 Å². The topological polar surface area (TPSA) is 95.9 Å². The van der Waals surface area contributed by atoms with E-state index in [1.54, 1.807) is 0 Å². The Bertz CT molecular complexity index is 973. The van der Waals surface area contributed by atoms with Crippen LogP contribution in [0.4, 0.5) is 0 Å². The lowest BCUT2D eigenvalue weighted by molar-refractivity contribution is -0.143. The maximum Gasteiger partial charge on any atom is 0.305 e. The molecule has 332 valence electrons. The third-order valence-electron chi connectivity index (χ3n) is 10.9. The van der Waals surface area contributed by atoms with E-state index < -0.39 is 12.1 Å². The molecule has 3 N–H and O–H groups in total. The SMILES string of the molecule is CCCCC/C=C\C/C=C\CCCCCCCCCC(=O)OCCCCCCCC/C=C\C/C=C\CCC(=O)NC(CO)C(O)CCCCCCCCCCCC. The number of allylic oxidation sites excluding steroid dienone is 8. The number of carbonyl (C=O) groups is 2. The highest BCUT2D eigenvalue weighted by molar-refractivity contribution is 5.76. The van der Waals surface area contributed by atoms with Crippen LogP contribution in [0, 0.1) is 0 Å². The van der Waals surface area contributed by atoms with Gasteiger partial charge in [-0.05, 0) is 77.0 Å². The Labute approximate surface area is 353 Å². The van der Waals surface area contributed by atoms with E-state index >= 15 is 0 Å². The molecule has 0 aromatic heterocycles. The Morgan fingerprint density at radius 3 is 1.40 bits per heavy atom. The van der Waals surface area contributed by atoms with Crippen LogP contribution >= 0.6 is 0 Å². The van der Waals surface area contributed by atoms with E-state index in [1.165, 1.54) is 141 Å². The average molecular weight is 800 g/mol. The molecule has 0 radical (unpaired) electrons. The number of nitrogens with one attached hydrogen (secondary N) is 1. The van der Waals surface area contributed by atoms with E-state index in [1.807, 2.05) is 6.08 Å². The zero-order valence-corrected chi connectivity index (χ0v) is 37.6. The van der Waals surface area contributed by atoms with Crippen molar-refractivity contribution in [1.82, 2.24) is 5.32 Å². The van der Waals surface area contributed by atoms with Crippen molar-refractivity contribution in [2.75, 3.05) is 13.2 Å². The monoisotopic (exact) mass is 800 g/mol. The normalized spacial score (nSPS) is 13.1. The summed E-state index contributed by atoms with van der Waals surface area (Å²) in [7, 11) is 0. The van der Waals surface area contributed by atoms with Crippen molar-refractivity contribution in [2.45, 2.75) is 251 Å². The molecule has 0 aliphatic heterocycles. The van der Waals surface area contributed by atoms with Crippen LogP contribution in [-0.4, -0.2) is 47.4 Å². The molecule has 57 heavy (non-hydrogen) atoms. The Hall–Kier alpha value is -2.18. The number of rotatable bonds is 44. The van der Waals surface area contributed by atoms with Crippen LogP contribution in [0.25, 0.3) is 0 Å². The molecule has 0 aliphatic rings. The summed E-state index contributed by atoms with van der Waals surface area (Å²) in [4.78, 5) is 24.4. The number of aliphatic hydroxyl groups excluding tert-OH is 2. The summed E-state index contributed by atoms with van der Waals surface area (Å²) < 4.78 is 5.45. The first kappa shape index (κ1) is 54.8. The van der Waals surface area contributed by atoms with Gasteiger partial charge in [0.05, 0.1) is 25.4 Å². The van der Waals surface area contributed by atoms with Gasteiger partial charge in [-0.1, -0.05) is 197 Å². The van der Waals surface area contributed by atoms with Crippen LogP contribution in [0.5, 0.6) is 0 Å². The summed E-state index contributed by atoms with van der Waals surface area (Å²) in [5.74, 6) is -0.146. The molecule has 0 heterocycles. The molecule has 0 fully saturated rings. The third kappa shape index (κ3) is 43.2. The second-order valence-corrected chi connectivity index (χ2v) is 16.4. The fraction of sp³-hybridized carbons (Fsp3) is 0.804. The molecule has 0 saturated heterocycles.